The van der Waals surface area contributed by atoms with Crippen molar-refractivity contribution >= 4 is 11.7 Å². The van der Waals surface area contributed by atoms with Crippen LogP contribution in [0.5, 0.6) is 0 Å². The molecular weight excluding hydrogens is 224 g/mol. The van der Waals surface area contributed by atoms with Crippen molar-refractivity contribution < 1.29 is 4.79 Å². The van der Waals surface area contributed by atoms with Gasteiger partial charge in [-0.05, 0) is 37.0 Å². The Morgan fingerprint density at radius 2 is 1.83 bits per heavy atom. The highest BCUT2D eigenvalue weighted by Crippen LogP contribution is 2.23. The minimum absolute atomic E-state index is 0.140. The molecule has 1 aliphatic heterocycles. The molecule has 0 atom stereocenters. The van der Waals surface area contributed by atoms with Crippen molar-refractivity contribution in [1.29, 1.82) is 0 Å². The Balaban J connectivity index is 2.17. The van der Waals surface area contributed by atoms with E-state index in [1.807, 2.05) is 16.7 Å². The van der Waals surface area contributed by atoms with Crippen molar-refractivity contribution in [2.24, 2.45) is 0 Å². The summed E-state index contributed by atoms with van der Waals surface area (Å²) in [6.45, 7) is 8.90. The first-order chi connectivity index (χ1) is 8.63. The van der Waals surface area contributed by atoms with Crippen LogP contribution in [0, 0.1) is 0 Å². The average Bonchev–Trinajstić information content (AvgIpc) is 2.39. The molecule has 3 nitrogen and oxygen atoms in total. The molecule has 0 aliphatic carbocycles. The first kappa shape index (κ1) is 12.9. The van der Waals surface area contributed by atoms with Crippen LogP contribution in [0.15, 0.2) is 24.3 Å². The third-order valence-corrected chi connectivity index (χ3v) is 3.56. The number of benzene rings is 1. The topological polar surface area (TPSA) is 23.6 Å². The van der Waals surface area contributed by atoms with Gasteiger partial charge in [0.2, 0.25) is 0 Å². The van der Waals surface area contributed by atoms with Crippen LogP contribution in [-0.2, 0) is 0 Å². The fraction of sp³-hybridized carbons (Fsp3) is 0.533. The highest BCUT2D eigenvalue weighted by molar-refractivity contribution is 5.92. The molecule has 3 heteroatoms. The van der Waals surface area contributed by atoms with Crippen LogP contribution >= 0.6 is 0 Å². The van der Waals surface area contributed by atoms with Crippen LogP contribution in [0.4, 0.5) is 10.5 Å². The summed E-state index contributed by atoms with van der Waals surface area (Å²) in [5, 5.41) is 0. The first-order valence-corrected chi connectivity index (χ1v) is 6.80. The number of nitrogens with zero attached hydrogens (tertiary/aromatic N) is 2. The van der Waals surface area contributed by atoms with E-state index in [9.17, 15) is 4.79 Å². The molecule has 0 bridgehead atoms. The Labute approximate surface area is 109 Å². The van der Waals surface area contributed by atoms with Crippen LogP contribution in [0.25, 0.3) is 0 Å². The second-order valence-corrected chi connectivity index (χ2v) is 5.11. The minimum atomic E-state index is 0.140. The largest absolute Gasteiger partial charge is 0.325 e. The van der Waals surface area contributed by atoms with Gasteiger partial charge in [0.05, 0.1) is 0 Å². The van der Waals surface area contributed by atoms with Crippen molar-refractivity contribution in [3.8, 4) is 0 Å². The first-order valence-electron chi connectivity index (χ1n) is 6.80. The predicted octanol–water partition coefficient (Wildman–Crippen LogP) is 3.46. The second kappa shape index (κ2) is 5.42. The normalized spacial score (nSPS) is 16.6. The summed E-state index contributed by atoms with van der Waals surface area (Å²) >= 11 is 0. The van der Waals surface area contributed by atoms with E-state index in [0.29, 0.717) is 5.92 Å². The number of carbonyl (C=O) groups excluding carboxylic acids is 1. The van der Waals surface area contributed by atoms with E-state index >= 15 is 0 Å². The molecule has 0 saturated carbocycles. The number of anilines is 1. The van der Waals surface area contributed by atoms with Crippen molar-refractivity contribution in [3.05, 3.63) is 29.8 Å². The van der Waals surface area contributed by atoms with Gasteiger partial charge in [0.25, 0.3) is 0 Å². The maximum Gasteiger partial charge on any atom is 0.324 e. The molecule has 2 amide bonds. The van der Waals surface area contributed by atoms with Gasteiger partial charge in [-0.25, -0.2) is 4.79 Å². The van der Waals surface area contributed by atoms with Gasteiger partial charge in [0.15, 0.2) is 0 Å². The minimum Gasteiger partial charge on any atom is -0.325 e. The van der Waals surface area contributed by atoms with Gasteiger partial charge in [0, 0.05) is 25.3 Å². The van der Waals surface area contributed by atoms with E-state index in [-0.39, 0.29) is 6.03 Å². The van der Waals surface area contributed by atoms with Gasteiger partial charge in [-0.1, -0.05) is 26.0 Å². The Morgan fingerprint density at radius 1 is 1.17 bits per heavy atom. The van der Waals surface area contributed by atoms with Crippen molar-refractivity contribution in [2.45, 2.75) is 33.1 Å². The highest BCUT2D eigenvalue weighted by atomic mass is 16.2. The number of rotatable bonds is 3. The van der Waals surface area contributed by atoms with Crippen molar-refractivity contribution in [3.63, 3.8) is 0 Å². The van der Waals surface area contributed by atoms with Crippen LogP contribution in [0.1, 0.15) is 38.7 Å². The van der Waals surface area contributed by atoms with E-state index in [1.54, 1.807) is 0 Å². The van der Waals surface area contributed by atoms with Gasteiger partial charge in [-0.2, -0.15) is 0 Å². The molecule has 0 unspecified atom stereocenters. The molecule has 1 fully saturated rings. The van der Waals surface area contributed by atoms with Crippen LogP contribution in [0.3, 0.4) is 0 Å². The predicted molar refractivity (Wildman–Crippen MR) is 75.1 cm³/mol. The third kappa shape index (κ3) is 2.50. The van der Waals surface area contributed by atoms with E-state index in [2.05, 4.69) is 38.1 Å². The molecule has 1 heterocycles. The molecule has 1 aromatic rings. The van der Waals surface area contributed by atoms with Gasteiger partial charge < -0.3 is 4.90 Å². The summed E-state index contributed by atoms with van der Waals surface area (Å²) in [7, 11) is 0. The monoisotopic (exact) mass is 246 g/mol. The molecule has 0 spiro atoms. The van der Waals surface area contributed by atoms with Gasteiger partial charge in [-0.15, -0.1) is 0 Å². The molecule has 0 aromatic heterocycles. The Bertz CT molecular complexity index is 411. The average molecular weight is 246 g/mol. The second-order valence-electron chi connectivity index (χ2n) is 5.11. The molecule has 18 heavy (non-hydrogen) atoms. The quantitative estimate of drug-likeness (QED) is 0.801. The van der Waals surface area contributed by atoms with Crippen LogP contribution < -0.4 is 4.90 Å². The zero-order valence-corrected chi connectivity index (χ0v) is 11.5. The van der Waals surface area contributed by atoms with Crippen molar-refractivity contribution in [1.82, 2.24) is 4.90 Å². The van der Waals surface area contributed by atoms with Gasteiger partial charge in [0.1, 0.15) is 0 Å². The number of hydrogen-bond acceptors (Lipinski definition) is 1. The lowest BCUT2D eigenvalue weighted by molar-refractivity contribution is 0.198. The zero-order chi connectivity index (χ0) is 13.1. The van der Waals surface area contributed by atoms with E-state index in [4.69, 9.17) is 0 Å². The number of hydrogen-bond donors (Lipinski definition) is 0. The molecular formula is C15H22N2O. The Kier molecular flexibility index (Phi) is 3.90. The Morgan fingerprint density at radius 3 is 2.39 bits per heavy atom. The smallest absolute Gasteiger partial charge is 0.324 e. The number of carbonyl (C=O) groups is 1. The lowest BCUT2D eigenvalue weighted by Gasteiger charge is -2.35. The fourth-order valence-corrected chi connectivity index (χ4v) is 2.35. The molecule has 98 valence electrons. The highest BCUT2D eigenvalue weighted by Gasteiger charge is 2.25. The number of amides is 2. The fourth-order valence-electron chi connectivity index (χ4n) is 2.35. The SMILES string of the molecule is CCN1CCCN(c2ccc(C(C)C)cc2)C1=O. The molecule has 0 N–H and O–H groups in total. The summed E-state index contributed by atoms with van der Waals surface area (Å²) in [5.74, 6) is 0.531. The van der Waals surface area contributed by atoms with Crippen LogP contribution in [0.2, 0.25) is 0 Å². The maximum absolute atomic E-state index is 12.2. The Hall–Kier alpha value is -1.51. The van der Waals surface area contributed by atoms with E-state index in [0.717, 1.165) is 31.7 Å². The summed E-state index contributed by atoms with van der Waals surface area (Å²) in [6, 6.07) is 8.51. The van der Waals surface area contributed by atoms with Crippen LogP contribution in [-0.4, -0.2) is 30.6 Å². The standard InChI is InChI=1S/C15H22N2O/c1-4-16-10-5-11-17(15(16)18)14-8-6-13(7-9-14)12(2)3/h6-9,12H,4-5,10-11H2,1-3H3. The van der Waals surface area contributed by atoms with Gasteiger partial charge >= 0.3 is 6.03 Å². The molecule has 0 radical (unpaired) electrons. The molecule has 1 saturated heterocycles. The third-order valence-electron chi connectivity index (χ3n) is 3.56. The molecule has 1 aliphatic rings. The lowest BCUT2D eigenvalue weighted by Crippen LogP contribution is -2.49. The van der Waals surface area contributed by atoms with E-state index in [1.165, 1.54) is 5.56 Å². The summed E-state index contributed by atoms with van der Waals surface area (Å²) < 4.78 is 0. The zero-order valence-electron chi connectivity index (χ0n) is 11.5. The summed E-state index contributed by atoms with van der Waals surface area (Å²) in [5.41, 5.74) is 2.33. The maximum atomic E-state index is 12.2. The molecule has 1 aromatic carbocycles. The molecule has 2 rings (SSSR count). The van der Waals surface area contributed by atoms with Crippen molar-refractivity contribution in [2.75, 3.05) is 24.5 Å². The van der Waals surface area contributed by atoms with Gasteiger partial charge in [-0.3, -0.25) is 4.90 Å². The summed E-state index contributed by atoms with van der Waals surface area (Å²) in [6.07, 6.45) is 1.05. The summed E-state index contributed by atoms with van der Waals surface area (Å²) in [4.78, 5) is 16.0. The van der Waals surface area contributed by atoms with E-state index < -0.39 is 0 Å². The number of urea groups is 1. The lowest BCUT2D eigenvalue weighted by atomic mass is 10.0.